The van der Waals surface area contributed by atoms with Crippen molar-refractivity contribution in [2.24, 2.45) is 5.73 Å². The van der Waals surface area contributed by atoms with Crippen LogP contribution in [-0.2, 0) is 4.79 Å². The van der Waals surface area contributed by atoms with Crippen LogP contribution in [0.1, 0.15) is 33.1 Å². The Morgan fingerprint density at radius 3 is 2.91 bits per heavy atom. The van der Waals surface area contributed by atoms with Gasteiger partial charge in [0, 0.05) is 5.54 Å². The molecule has 0 aliphatic carbocycles. The molecular formula is C8H16N2O. The van der Waals surface area contributed by atoms with Crippen LogP contribution in [0.25, 0.3) is 0 Å². The Bertz CT molecular complexity index is 165. The highest BCUT2D eigenvalue weighted by atomic mass is 16.2. The van der Waals surface area contributed by atoms with Crippen LogP contribution in [0.15, 0.2) is 0 Å². The number of hydrogen-bond donors (Lipinski definition) is 2. The van der Waals surface area contributed by atoms with Gasteiger partial charge in [-0.3, -0.25) is 4.79 Å². The Balaban J connectivity index is 2.63. The van der Waals surface area contributed by atoms with Gasteiger partial charge in [-0.2, -0.15) is 0 Å². The third-order valence-electron chi connectivity index (χ3n) is 2.12. The second-order valence-electron chi connectivity index (χ2n) is 3.87. The van der Waals surface area contributed by atoms with Crippen molar-refractivity contribution in [2.75, 3.05) is 0 Å². The molecule has 1 fully saturated rings. The van der Waals surface area contributed by atoms with E-state index in [9.17, 15) is 4.79 Å². The third-order valence-corrected chi connectivity index (χ3v) is 2.12. The number of amides is 1. The van der Waals surface area contributed by atoms with E-state index < -0.39 is 0 Å². The lowest BCUT2D eigenvalue weighted by Gasteiger charge is -2.23. The monoisotopic (exact) mass is 156 g/mol. The molecule has 3 nitrogen and oxygen atoms in total. The van der Waals surface area contributed by atoms with Crippen LogP contribution in [-0.4, -0.2) is 17.5 Å². The summed E-state index contributed by atoms with van der Waals surface area (Å²) in [4.78, 5) is 11.2. The Kier molecular flexibility index (Phi) is 2.18. The highest BCUT2D eigenvalue weighted by Gasteiger charge is 2.27. The first-order valence-corrected chi connectivity index (χ1v) is 4.09. The summed E-state index contributed by atoms with van der Waals surface area (Å²) >= 11 is 0. The van der Waals surface area contributed by atoms with Crippen molar-refractivity contribution in [1.82, 2.24) is 5.32 Å². The summed E-state index contributed by atoms with van der Waals surface area (Å²) in [5.74, 6) is -0.00694. The fraction of sp³-hybridized carbons (Fsp3) is 0.875. The summed E-state index contributed by atoms with van der Waals surface area (Å²) in [6, 6.07) is -0.295. The van der Waals surface area contributed by atoms with Crippen LogP contribution in [0.4, 0.5) is 0 Å². The van der Waals surface area contributed by atoms with Gasteiger partial charge in [0.1, 0.15) is 0 Å². The average Bonchev–Trinajstić information content (AvgIpc) is 1.93. The van der Waals surface area contributed by atoms with Crippen LogP contribution < -0.4 is 11.1 Å². The maximum atomic E-state index is 11.2. The van der Waals surface area contributed by atoms with Crippen molar-refractivity contribution >= 4 is 5.91 Å². The molecule has 1 heterocycles. The number of carbonyl (C=O) groups excluding carboxylic acids is 1. The predicted octanol–water partition coefficient (Wildman–Crippen LogP) is 0.392. The Hall–Kier alpha value is -0.570. The minimum absolute atomic E-state index is 0.00694. The van der Waals surface area contributed by atoms with E-state index in [0.29, 0.717) is 0 Å². The predicted molar refractivity (Wildman–Crippen MR) is 44.0 cm³/mol. The minimum atomic E-state index is -0.295. The van der Waals surface area contributed by atoms with E-state index in [2.05, 4.69) is 5.32 Å². The lowest BCUT2D eigenvalue weighted by Crippen LogP contribution is -2.47. The lowest BCUT2D eigenvalue weighted by atomic mass is 9.99. The van der Waals surface area contributed by atoms with E-state index in [0.717, 1.165) is 19.3 Å². The summed E-state index contributed by atoms with van der Waals surface area (Å²) in [7, 11) is 0. The van der Waals surface area contributed by atoms with E-state index in [-0.39, 0.29) is 17.5 Å². The molecule has 11 heavy (non-hydrogen) atoms. The molecule has 0 saturated carbocycles. The Labute approximate surface area is 67.3 Å². The van der Waals surface area contributed by atoms with Gasteiger partial charge in [-0.15, -0.1) is 0 Å². The van der Waals surface area contributed by atoms with Crippen molar-refractivity contribution in [3.8, 4) is 0 Å². The molecule has 0 radical (unpaired) electrons. The molecule has 1 unspecified atom stereocenters. The number of hydrogen-bond acceptors (Lipinski definition) is 2. The van der Waals surface area contributed by atoms with Gasteiger partial charge in [0.2, 0.25) is 5.91 Å². The number of nitrogens with one attached hydrogen (secondary N) is 1. The quantitative estimate of drug-likeness (QED) is 0.533. The normalized spacial score (nSPS) is 30.8. The Morgan fingerprint density at radius 1 is 1.64 bits per heavy atom. The largest absolute Gasteiger partial charge is 0.350 e. The fourth-order valence-corrected chi connectivity index (χ4v) is 1.38. The van der Waals surface area contributed by atoms with Gasteiger partial charge in [-0.1, -0.05) is 0 Å². The summed E-state index contributed by atoms with van der Waals surface area (Å²) in [5, 5.41) is 2.90. The first-order valence-electron chi connectivity index (χ1n) is 4.09. The van der Waals surface area contributed by atoms with Crippen LogP contribution in [0.2, 0.25) is 0 Å². The van der Waals surface area contributed by atoms with E-state index in [1.807, 2.05) is 13.8 Å². The van der Waals surface area contributed by atoms with Crippen molar-refractivity contribution in [2.45, 2.75) is 44.7 Å². The summed E-state index contributed by atoms with van der Waals surface area (Å²) in [5.41, 5.74) is 5.52. The SMILES string of the molecule is CC1(C)CCCC(N)C(=O)N1. The molecule has 3 heteroatoms. The van der Waals surface area contributed by atoms with E-state index in [4.69, 9.17) is 5.73 Å². The Morgan fingerprint density at radius 2 is 2.27 bits per heavy atom. The van der Waals surface area contributed by atoms with Gasteiger partial charge in [0.25, 0.3) is 0 Å². The van der Waals surface area contributed by atoms with Gasteiger partial charge in [-0.25, -0.2) is 0 Å². The second-order valence-corrected chi connectivity index (χ2v) is 3.87. The van der Waals surface area contributed by atoms with Gasteiger partial charge in [0.15, 0.2) is 0 Å². The maximum Gasteiger partial charge on any atom is 0.237 e. The fourth-order valence-electron chi connectivity index (χ4n) is 1.38. The molecule has 1 atom stereocenters. The molecule has 0 aromatic heterocycles. The first-order chi connectivity index (χ1) is 5.01. The van der Waals surface area contributed by atoms with E-state index in [1.165, 1.54) is 0 Å². The summed E-state index contributed by atoms with van der Waals surface area (Å²) < 4.78 is 0. The molecule has 0 aromatic rings. The summed E-state index contributed by atoms with van der Waals surface area (Å²) in [6.07, 6.45) is 2.87. The highest BCUT2D eigenvalue weighted by molar-refractivity contribution is 5.82. The molecule has 1 amide bonds. The third kappa shape index (κ3) is 2.19. The molecule has 1 rings (SSSR count). The van der Waals surface area contributed by atoms with Crippen molar-refractivity contribution in [3.05, 3.63) is 0 Å². The zero-order valence-electron chi connectivity index (χ0n) is 7.18. The molecule has 0 bridgehead atoms. The molecular weight excluding hydrogens is 140 g/mol. The van der Waals surface area contributed by atoms with Gasteiger partial charge >= 0.3 is 0 Å². The maximum absolute atomic E-state index is 11.2. The topological polar surface area (TPSA) is 55.1 Å². The second kappa shape index (κ2) is 2.81. The van der Waals surface area contributed by atoms with E-state index >= 15 is 0 Å². The van der Waals surface area contributed by atoms with Gasteiger partial charge < -0.3 is 11.1 Å². The first kappa shape index (κ1) is 8.53. The number of rotatable bonds is 0. The smallest absolute Gasteiger partial charge is 0.237 e. The molecule has 1 saturated heterocycles. The van der Waals surface area contributed by atoms with Crippen LogP contribution in [0, 0.1) is 0 Å². The standard InChI is InChI=1S/C8H16N2O/c1-8(2)5-3-4-6(9)7(11)10-8/h6H,3-5,9H2,1-2H3,(H,10,11). The molecule has 3 N–H and O–H groups in total. The van der Waals surface area contributed by atoms with Crippen LogP contribution >= 0.6 is 0 Å². The van der Waals surface area contributed by atoms with Gasteiger partial charge in [-0.05, 0) is 33.1 Å². The average molecular weight is 156 g/mol. The number of carbonyl (C=O) groups is 1. The molecule has 1 aliphatic rings. The van der Waals surface area contributed by atoms with Crippen molar-refractivity contribution in [1.29, 1.82) is 0 Å². The lowest BCUT2D eigenvalue weighted by molar-refractivity contribution is -0.123. The van der Waals surface area contributed by atoms with Gasteiger partial charge in [0.05, 0.1) is 6.04 Å². The zero-order chi connectivity index (χ0) is 8.48. The molecule has 64 valence electrons. The highest BCUT2D eigenvalue weighted by Crippen LogP contribution is 2.17. The molecule has 1 aliphatic heterocycles. The van der Waals surface area contributed by atoms with Crippen LogP contribution in [0.3, 0.4) is 0 Å². The van der Waals surface area contributed by atoms with Crippen molar-refractivity contribution < 1.29 is 4.79 Å². The van der Waals surface area contributed by atoms with Crippen molar-refractivity contribution in [3.63, 3.8) is 0 Å². The van der Waals surface area contributed by atoms with Crippen LogP contribution in [0.5, 0.6) is 0 Å². The molecule has 0 spiro atoms. The summed E-state index contributed by atoms with van der Waals surface area (Å²) in [6.45, 7) is 4.06. The van der Waals surface area contributed by atoms with E-state index in [1.54, 1.807) is 0 Å². The number of nitrogens with two attached hydrogens (primary N) is 1. The minimum Gasteiger partial charge on any atom is -0.350 e. The zero-order valence-corrected chi connectivity index (χ0v) is 7.18. The molecule has 0 aromatic carbocycles.